The monoisotopic (exact) mass is 353 g/mol. The van der Waals surface area contributed by atoms with Crippen LogP contribution in [0, 0.1) is 24.0 Å². The Morgan fingerprint density at radius 2 is 1.73 bits per heavy atom. The van der Waals surface area contributed by atoms with Crippen molar-refractivity contribution in [3.05, 3.63) is 80.9 Å². The van der Waals surface area contributed by atoms with Crippen molar-refractivity contribution >= 4 is 23.5 Å². The van der Waals surface area contributed by atoms with Gasteiger partial charge in [-0.1, -0.05) is 12.1 Å². The van der Waals surface area contributed by atoms with Gasteiger partial charge in [0.05, 0.1) is 4.92 Å². The van der Waals surface area contributed by atoms with E-state index in [1.807, 2.05) is 19.9 Å². The maximum absolute atomic E-state index is 12.4. The van der Waals surface area contributed by atoms with E-state index in [0.717, 1.165) is 11.1 Å². The van der Waals surface area contributed by atoms with E-state index >= 15 is 0 Å². The van der Waals surface area contributed by atoms with Crippen LogP contribution in [-0.4, -0.2) is 22.8 Å². The van der Waals surface area contributed by atoms with Crippen molar-refractivity contribution < 1.29 is 19.2 Å². The predicted octanol–water partition coefficient (Wildman–Crippen LogP) is 4.04. The second-order valence-corrected chi connectivity index (χ2v) is 5.92. The van der Waals surface area contributed by atoms with Gasteiger partial charge in [0.15, 0.2) is 6.10 Å². The van der Waals surface area contributed by atoms with E-state index in [2.05, 4.69) is 0 Å². The standard InChI is InChI=1S/C20H19NO5/c1-13-4-8-17(12-14(13)2)20(23)15(3)26-19(22)11-7-16-5-9-18(10-6-16)21(24)25/h4-12,15H,1-3H3/b11-7+/t15-/m0/s1. The molecule has 134 valence electrons. The molecule has 2 aromatic rings. The quantitative estimate of drug-likeness (QED) is 0.257. The first kappa shape index (κ1) is 19.1. The minimum absolute atomic E-state index is 0.0302. The fourth-order valence-electron chi connectivity index (χ4n) is 2.27. The number of nitro groups is 1. The molecule has 6 nitrogen and oxygen atoms in total. The molecule has 0 aliphatic heterocycles. The number of esters is 1. The Labute approximate surface area is 151 Å². The molecule has 0 aliphatic rings. The molecule has 0 saturated carbocycles. The second kappa shape index (κ2) is 8.20. The topological polar surface area (TPSA) is 86.5 Å². The molecule has 0 saturated heterocycles. The van der Waals surface area contributed by atoms with Crippen LogP contribution in [0.3, 0.4) is 0 Å². The normalized spacial score (nSPS) is 12.0. The van der Waals surface area contributed by atoms with Crippen LogP contribution in [-0.2, 0) is 9.53 Å². The molecule has 0 spiro atoms. The molecule has 0 bridgehead atoms. The highest BCUT2D eigenvalue weighted by molar-refractivity contribution is 6.01. The number of non-ortho nitro benzene ring substituents is 1. The van der Waals surface area contributed by atoms with Gasteiger partial charge >= 0.3 is 5.97 Å². The lowest BCUT2D eigenvalue weighted by Gasteiger charge is -2.12. The first-order valence-corrected chi connectivity index (χ1v) is 8.02. The van der Waals surface area contributed by atoms with Crippen LogP contribution in [0.5, 0.6) is 0 Å². The molecule has 0 fully saturated rings. The number of carbonyl (C=O) groups excluding carboxylic acids is 2. The van der Waals surface area contributed by atoms with Crippen molar-refractivity contribution in [3.8, 4) is 0 Å². The Balaban J connectivity index is 1.98. The molecule has 2 aromatic carbocycles. The summed E-state index contributed by atoms with van der Waals surface area (Å²) in [5, 5.41) is 10.6. The molecule has 0 amide bonds. The zero-order valence-electron chi connectivity index (χ0n) is 14.8. The van der Waals surface area contributed by atoms with Crippen molar-refractivity contribution in [1.82, 2.24) is 0 Å². The first-order chi connectivity index (χ1) is 12.3. The Hall–Kier alpha value is -3.28. The average Bonchev–Trinajstić information content (AvgIpc) is 2.62. The number of hydrogen-bond donors (Lipinski definition) is 0. The maximum atomic E-state index is 12.4. The summed E-state index contributed by atoms with van der Waals surface area (Å²) in [6.45, 7) is 5.39. The number of Topliss-reactive ketones (excluding diaryl/α,β-unsaturated/α-hetero) is 1. The van der Waals surface area contributed by atoms with Crippen molar-refractivity contribution in [2.75, 3.05) is 0 Å². The van der Waals surface area contributed by atoms with Crippen LogP contribution < -0.4 is 0 Å². The second-order valence-electron chi connectivity index (χ2n) is 5.92. The first-order valence-electron chi connectivity index (χ1n) is 8.02. The summed E-state index contributed by atoms with van der Waals surface area (Å²) in [5.41, 5.74) is 3.15. The van der Waals surface area contributed by atoms with Crippen molar-refractivity contribution in [1.29, 1.82) is 0 Å². The molecule has 26 heavy (non-hydrogen) atoms. The van der Waals surface area contributed by atoms with E-state index in [0.29, 0.717) is 11.1 Å². The van der Waals surface area contributed by atoms with E-state index in [4.69, 9.17) is 4.74 Å². The van der Waals surface area contributed by atoms with Gasteiger partial charge < -0.3 is 4.74 Å². The molecule has 0 N–H and O–H groups in total. The highest BCUT2D eigenvalue weighted by Gasteiger charge is 2.18. The van der Waals surface area contributed by atoms with E-state index in [1.54, 1.807) is 12.1 Å². The van der Waals surface area contributed by atoms with Gasteiger partial charge in [-0.05, 0) is 61.7 Å². The fraction of sp³-hybridized carbons (Fsp3) is 0.200. The molecule has 0 radical (unpaired) electrons. The van der Waals surface area contributed by atoms with Gasteiger partial charge in [0.25, 0.3) is 5.69 Å². The summed E-state index contributed by atoms with van der Waals surface area (Å²) in [6, 6.07) is 11.1. The summed E-state index contributed by atoms with van der Waals surface area (Å²) in [7, 11) is 0. The third-order valence-corrected chi connectivity index (χ3v) is 3.97. The number of ketones is 1. The molecule has 0 aliphatic carbocycles. The predicted molar refractivity (Wildman–Crippen MR) is 97.9 cm³/mol. The van der Waals surface area contributed by atoms with Gasteiger partial charge in [-0.3, -0.25) is 14.9 Å². The maximum Gasteiger partial charge on any atom is 0.331 e. The molecule has 0 aromatic heterocycles. The van der Waals surface area contributed by atoms with E-state index in [-0.39, 0.29) is 11.5 Å². The number of hydrogen-bond acceptors (Lipinski definition) is 5. The molecular formula is C20H19NO5. The summed E-state index contributed by atoms with van der Waals surface area (Å²) >= 11 is 0. The summed E-state index contributed by atoms with van der Waals surface area (Å²) in [6.07, 6.45) is 1.75. The van der Waals surface area contributed by atoms with Gasteiger partial charge in [0.2, 0.25) is 5.78 Å². The lowest BCUT2D eigenvalue weighted by Crippen LogP contribution is -2.23. The lowest BCUT2D eigenvalue weighted by molar-refractivity contribution is -0.384. The van der Waals surface area contributed by atoms with Crippen molar-refractivity contribution in [2.24, 2.45) is 0 Å². The molecule has 2 rings (SSSR count). The number of aryl methyl sites for hydroxylation is 2. The third kappa shape index (κ3) is 4.86. The Morgan fingerprint density at radius 1 is 1.08 bits per heavy atom. The lowest BCUT2D eigenvalue weighted by atomic mass is 10.0. The summed E-state index contributed by atoms with van der Waals surface area (Å²) < 4.78 is 5.14. The van der Waals surface area contributed by atoms with Crippen LogP contribution in [0.1, 0.15) is 34.0 Å². The molecule has 1 atom stereocenters. The fourth-order valence-corrected chi connectivity index (χ4v) is 2.27. The molecular weight excluding hydrogens is 334 g/mol. The van der Waals surface area contributed by atoms with Gasteiger partial charge in [-0.2, -0.15) is 0 Å². The minimum Gasteiger partial charge on any atom is -0.451 e. The van der Waals surface area contributed by atoms with E-state index < -0.39 is 17.0 Å². The third-order valence-electron chi connectivity index (χ3n) is 3.97. The van der Waals surface area contributed by atoms with Crippen LogP contribution in [0.2, 0.25) is 0 Å². The zero-order valence-corrected chi connectivity index (χ0v) is 14.8. The van der Waals surface area contributed by atoms with Gasteiger partial charge in [-0.15, -0.1) is 0 Å². The van der Waals surface area contributed by atoms with Crippen LogP contribution >= 0.6 is 0 Å². The smallest absolute Gasteiger partial charge is 0.331 e. The van der Waals surface area contributed by atoms with Gasteiger partial charge in [-0.25, -0.2) is 4.79 Å². The zero-order chi connectivity index (χ0) is 19.3. The SMILES string of the molecule is Cc1ccc(C(=O)[C@H](C)OC(=O)/C=C/c2ccc([N+](=O)[O-])cc2)cc1C. The summed E-state index contributed by atoms with van der Waals surface area (Å²) in [5.74, 6) is -0.932. The number of benzene rings is 2. The van der Waals surface area contributed by atoms with Crippen molar-refractivity contribution in [3.63, 3.8) is 0 Å². The molecule has 0 unspecified atom stereocenters. The summed E-state index contributed by atoms with van der Waals surface area (Å²) in [4.78, 5) is 34.3. The highest BCUT2D eigenvalue weighted by atomic mass is 16.6. The number of nitrogens with zero attached hydrogens (tertiary/aromatic N) is 1. The van der Waals surface area contributed by atoms with Crippen LogP contribution in [0.4, 0.5) is 5.69 Å². The molecule has 0 heterocycles. The number of rotatable bonds is 6. The Bertz CT molecular complexity index is 868. The van der Waals surface area contributed by atoms with Crippen LogP contribution in [0.15, 0.2) is 48.5 Å². The van der Waals surface area contributed by atoms with Crippen molar-refractivity contribution in [2.45, 2.75) is 26.9 Å². The Morgan fingerprint density at radius 3 is 2.31 bits per heavy atom. The number of ether oxygens (including phenoxy) is 1. The minimum atomic E-state index is -0.911. The van der Waals surface area contributed by atoms with Gasteiger partial charge in [0, 0.05) is 23.8 Å². The van der Waals surface area contributed by atoms with E-state index in [9.17, 15) is 19.7 Å². The van der Waals surface area contributed by atoms with E-state index in [1.165, 1.54) is 43.3 Å². The van der Waals surface area contributed by atoms with Gasteiger partial charge in [0.1, 0.15) is 0 Å². The molecule has 6 heteroatoms. The number of carbonyl (C=O) groups is 2. The van der Waals surface area contributed by atoms with Crippen LogP contribution in [0.25, 0.3) is 6.08 Å². The largest absolute Gasteiger partial charge is 0.451 e. The average molecular weight is 353 g/mol. The number of nitro benzene ring substituents is 1. The highest BCUT2D eigenvalue weighted by Crippen LogP contribution is 2.14. The Kier molecular flexibility index (Phi) is 6.01.